The van der Waals surface area contributed by atoms with Gasteiger partial charge in [-0.1, -0.05) is 13.8 Å². The molecule has 1 unspecified atom stereocenters. The molecule has 1 fully saturated rings. The van der Waals surface area contributed by atoms with Gasteiger partial charge in [0, 0.05) is 25.2 Å². The van der Waals surface area contributed by atoms with Crippen LogP contribution in [0.1, 0.15) is 20.3 Å². The van der Waals surface area contributed by atoms with Crippen molar-refractivity contribution in [3.05, 3.63) is 29.8 Å². The lowest BCUT2D eigenvalue weighted by molar-refractivity contribution is -0.118. The Morgan fingerprint density at radius 3 is 2.73 bits per heavy atom. The van der Waals surface area contributed by atoms with Crippen molar-refractivity contribution in [2.75, 3.05) is 25.0 Å². The van der Waals surface area contributed by atoms with E-state index in [9.17, 15) is 13.6 Å². The molecule has 1 aromatic carbocycles. The molecule has 0 saturated carbocycles. The molecule has 0 bridgehead atoms. The molecule has 1 aliphatic rings. The number of anilines is 1. The summed E-state index contributed by atoms with van der Waals surface area (Å²) >= 11 is 0. The van der Waals surface area contributed by atoms with Crippen LogP contribution in [0.4, 0.5) is 14.5 Å². The lowest BCUT2D eigenvalue weighted by Gasteiger charge is -2.42. The van der Waals surface area contributed by atoms with Crippen molar-refractivity contribution in [1.29, 1.82) is 0 Å². The standard InChI is InChI=1S/C15H21F2N3O.ClH/c1-15(2)9-20(6-5-13(15)18)8-14(21)19-12-4-3-10(16)7-11(12)17;/h3-4,7,13H,5-6,8-9,18H2,1-2H3,(H,19,21);1H. The first kappa shape index (κ1) is 18.8. The van der Waals surface area contributed by atoms with Crippen molar-refractivity contribution in [3.8, 4) is 0 Å². The second-order valence-corrected chi connectivity index (χ2v) is 6.27. The van der Waals surface area contributed by atoms with Crippen LogP contribution in [0.15, 0.2) is 18.2 Å². The van der Waals surface area contributed by atoms with Crippen LogP contribution in [0.2, 0.25) is 0 Å². The number of benzene rings is 1. The normalized spacial score (nSPS) is 21.0. The zero-order chi connectivity index (χ0) is 15.6. The Bertz CT molecular complexity index is 540. The molecule has 124 valence electrons. The Hall–Kier alpha value is -1.24. The van der Waals surface area contributed by atoms with Crippen LogP contribution in [0.25, 0.3) is 0 Å². The molecule has 22 heavy (non-hydrogen) atoms. The molecule has 1 amide bonds. The molecule has 0 aliphatic carbocycles. The molecular formula is C15H22ClF2N3O. The zero-order valence-corrected chi connectivity index (χ0v) is 13.6. The number of amides is 1. The van der Waals surface area contributed by atoms with E-state index in [1.165, 1.54) is 6.07 Å². The smallest absolute Gasteiger partial charge is 0.238 e. The first-order valence-electron chi connectivity index (χ1n) is 7.01. The van der Waals surface area contributed by atoms with Crippen molar-refractivity contribution in [2.45, 2.75) is 26.3 Å². The Kier molecular flexibility index (Phi) is 6.28. The third-order valence-corrected chi connectivity index (χ3v) is 3.96. The van der Waals surface area contributed by atoms with Crippen LogP contribution in [0, 0.1) is 17.0 Å². The van der Waals surface area contributed by atoms with Gasteiger partial charge < -0.3 is 11.1 Å². The Morgan fingerprint density at radius 2 is 2.14 bits per heavy atom. The summed E-state index contributed by atoms with van der Waals surface area (Å²) in [5.41, 5.74) is 5.99. The van der Waals surface area contributed by atoms with Crippen LogP contribution in [-0.4, -0.2) is 36.5 Å². The van der Waals surface area contributed by atoms with E-state index in [0.29, 0.717) is 6.54 Å². The van der Waals surface area contributed by atoms with Crippen molar-refractivity contribution >= 4 is 24.0 Å². The highest BCUT2D eigenvalue weighted by Gasteiger charge is 2.33. The van der Waals surface area contributed by atoms with Crippen LogP contribution in [0.3, 0.4) is 0 Å². The second-order valence-electron chi connectivity index (χ2n) is 6.27. The molecule has 2 rings (SSSR count). The molecule has 1 atom stereocenters. The van der Waals surface area contributed by atoms with Gasteiger partial charge in [-0.05, 0) is 24.0 Å². The minimum absolute atomic E-state index is 0. The number of hydrogen-bond acceptors (Lipinski definition) is 3. The van der Waals surface area contributed by atoms with Gasteiger partial charge in [0.2, 0.25) is 5.91 Å². The van der Waals surface area contributed by atoms with E-state index in [0.717, 1.165) is 25.1 Å². The van der Waals surface area contributed by atoms with Gasteiger partial charge >= 0.3 is 0 Å². The fraction of sp³-hybridized carbons (Fsp3) is 0.533. The van der Waals surface area contributed by atoms with E-state index in [4.69, 9.17) is 5.73 Å². The summed E-state index contributed by atoms with van der Waals surface area (Å²) in [4.78, 5) is 14.0. The highest BCUT2D eigenvalue weighted by Crippen LogP contribution is 2.27. The topological polar surface area (TPSA) is 58.4 Å². The minimum atomic E-state index is -0.774. The van der Waals surface area contributed by atoms with Crippen LogP contribution in [-0.2, 0) is 4.79 Å². The lowest BCUT2D eigenvalue weighted by atomic mass is 9.80. The largest absolute Gasteiger partial charge is 0.327 e. The highest BCUT2D eigenvalue weighted by molar-refractivity contribution is 5.92. The third-order valence-electron chi connectivity index (χ3n) is 3.96. The Morgan fingerprint density at radius 1 is 1.45 bits per heavy atom. The molecule has 1 saturated heterocycles. The molecule has 1 aliphatic heterocycles. The van der Waals surface area contributed by atoms with E-state index >= 15 is 0 Å². The summed E-state index contributed by atoms with van der Waals surface area (Å²) < 4.78 is 26.3. The Balaban J connectivity index is 0.00000242. The third kappa shape index (κ3) is 4.63. The summed E-state index contributed by atoms with van der Waals surface area (Å²) in [6.07, 6.45) is 0.825. The predicted octanol–water partition coefficient (Wildman–Crippen LogP) is 2.38. The molecule has 0 aromatic heterocycles. The van der Waals surface area contributed by atoms with Gasteiger partial charge in [0.05, 0.1) is 12.2 Å². The molecule has 3 N–H and O–H groups in total. The minimum Gasteiger partial charge on any atom is -0.327 e. The number of halogens is 3. The van der Waals surface area contributed by atoms with Crippen LogP contribution >= 0.6 is 12.4 Å². The number of nitrogens with one attached hydrogen (secondary N) is 1. The second kappa shape index (κ2) is 7.35. The van der Waals surface area contributed by atoms with Crippen molar-refractivity contribution in [1.82, 2.24) is 4.90 Å². The number of piperidine rings is 1. The van der Waals surface area contributed by atoms with E-state index in [2.05, 4.69) is 19.2 Å². The summed E-state index contributed by atoms with van der Waals surface area (Å²) in [7, 11) is 0. The van der Waals surface area contributed by atoms with Gasteiger partial charge in [-0.15, -0.1) is 12.4 Å². The maximum absolute atomic E-state index is 13.5. The lowest BCUT2D eigenvalue weighted by Crippen LogP contribution is -2.53. The molecule has 4 nitrogen and oxygen atoms in total. The molecule has 1 heterocycles. The molecular weight excluding hydrogens is 312 g/mol. The zero-order valence-electron chi connectivity index (χ0n) is 12.7. The highest BCUT2D eigenvalue weighted by atomic mass is 35.5. The maximum Gasteiger partial charge on any atom is 0.238 e. The average Bonchev–Trinajstić information content (AvgIpc) is 2.37. The molecule has 0 radical (unpaired) electrons. The molecule has 0 spiro atoms. The summed E-state index contributed by atoms with van der Waals surface area (Å²) in [6.45, 7) is 5.77. The SMILES string of the molecule is CC1(C)CN(CC(=O)Nc2ccc(F)cc2F)CCC1N.Cl. The first-order chi connectivity index (χ1) is 9.78. The number of nitrogens with zero attached hydrogens (tertiary/aromatic N) is 1. The molecule has 1 aromatic rings. The van der Waals surface area contributed by atoms with Gasteiger partial charge in [-0.2, -0.15) is 0 Å². The van der Waals surface area contributed by atoms with E-state index in [1.807, 2.05) is 4.90 Å². The summed E-state index contributed by atoms with van der Waals surface area (Å²) in [5, 5.41) is 2.47. The number of likely N-dealkylation sites (tertiary alicyclic amines) is 1. The quantitative estimate of drug-likeness (QED) is 0.893. The summed E-state index contributed by atoms with van der Waals surface area (Å²) in [6, 6.07) is 3.20. The number of hydrogen-bond donors (Lipinski definition) is 2. The number of carbonyl (C=O) groups is 1. The average molecular weight is 334 g/mol. The predicted molar refractivity (Wildman–Crippen MR) is 85.0 cm³/mol. The monoisotopic (exact) mass is 333 g/mol. The van der Waals surface area contributed by atoms with Gasteiger partial charge in [-0.3, -0.25) is 9.69 Å². The van der Waals surface area contributed by atoms with Gasteiger partial charge in [0.25, 0.3) is 0 Å². The van der Waals surface area contributed by atoms with Gasteiger partial charge in [0.15, 0.2) is 0 Å². The first-order valence-corrected chi connectivity index (χ1v) is 7.01. The van der Waals surface area contributed by atoms with Crippen molar-refractivity contribution < 1.29 is 13.6 Å². The van der Waals surface area contributed by atoms with Crippen LogP contribution < -0.4 is 11.1 Å². The number of carbonyl (C=O) groups excluding carboxylic acids is 1. The van der Waals surface area contributed by atoms with Gasteiger partial charge in [-0.25, -0.2) is 8.78 Å². The summed E-state index contributed by atoms with van der Waals surface area (Å²) in [5.74, 6) is -1.76. The van der Waals surface area contributed by atoms with E-state index < -0.39 is 11.6 Å². The fourth-order valence-corrected chi connectivity index (χ4v) is 2.60. The van der Waals surface area contributed by atoms with E-state index in [-0.39, 0.29) is 42.0 Å². The van der Waals surface area contributed by atoms with Crippen molar-refractivity contribution in [3.63, 3.8) is 0 Å². The van der Waals surface area contributed by atoms with Crippen molar-refractivity contribution in [2.24, 2.45) is 11.1 Å². The van der Waals surface area contributed by atoms with Gasteiger partial charge in [0.1, 0.15) is 11.6 Å². The Labute approximate surface area is 135 Å². The van der Waals surface area contributed by atoms with Crippen LogP contribution in [0.5, 0.6) is 0 Å². The van der Waals surface area contributed by atoms with E-state index in [1.54, 1.807) is 0 Å². The fourth-order valence-electron chi connectivity index (χ4n) is 2.60. The maximum atomic E-state index is 13.5. The number of rotatable bonds is 3. The molecule has 7 heteroatoms. The number of nitrogens with two attached hydrogens (primary N) is 1.